The molecule has 0 saturated heterocycles. The predicted octanol–water partition coefficient (Wildman–Crippen LogP) is 6.83. The van der Waals surface area contributed by atoms with Gasteiger partial charge in [-0.15, -0.1) is 0 Å². The number of fused-ring (bicyclic) bond motifs is 2. The molecule has 5 rings (SSSR count). The zero-order valence-corrected chi connectivity index (χ0v) is 20.0. The molecule has 3 aromatic carbocycles. The molecular formula is C23H12Br3NO3. The van der Waals surface area contributed by atoms with E-state index in [-0.39, 0.29) is 17.1 Å². The van der Waals surface area contributed by atoms with Crippen LogP contribution in [0.4, 0.5) is 5.69 Å². The largest absolute Gasteiger partial charge is 0.450 e. The van der Waals surface area contributed by atoms with E-state index < -0.39 is 6.04 Å². The number of carbonyl (C=O) groups is 1. The summed E-state index contributed by atoms with van der Waals surface area (Å²) in [5.41, 5.74) is 2.04. The molecule has 30 heavy (non-hydrogen) atoms. The molecule has 1 aromatic heterocycles. The molecule has 1 unspecified atom stereocenters. The third-order valence-electron chi connectivity index (χ3n) is 5.10. The second-order valence-corrected chi connectivity index (χ2v) is 9.67. The fourth-order valence-electron chi connectivity index (χ4n) is 3.81. The summed E-state index contributed by atoms with van der Waals surface area (Å²) in [7, 11) is 0. The van der Waals surface area contributed by atoms with Crippen LogP contribution in [0.25, 0.3) is 11.0 Å². The molecule has 4 nitrogen and oxygen atoms in total. The topological polar surface area (TPSA) is 50.5 Å². The summed E-state index contributed by atoms with van der Waals surface area (Å²) in [5, 5.41) is 0.438. The lowest BCUT2D eigenvalue weighted by molar-refractivity contribution is 0.0971. The van der Waals surface area contributed by atoms with E-state index >= 15 is 0 Å². The normalized spacial score (nSPS) is 15.6. The number of anilines is 1. The van der Waals surface area contributed by atoms with Crippen LogP contribution in [0.5, 0.6) is 0 Å². The molecule has 0 fully saturated rings. The van der Waals surface area contributed by atoms with Crippen LogP contribution in [0, 0.1) is 0 Å². The number of nitrogens with zero attached hydrogens (tertiary/aromatic N) is 1. The van der Waals surface area contributed by atoms with E-state index in [9.17, 15) is 9.59 Å². The Hall–Kier alpha value is -2.22. The molecule has 0 radical (unpaired) electrons. The first-order valence-electron chi connectivity index (χ1n) is 9.05. The lowest BCUT2D eigenvalue weighted by atomic mass is 9.98. The van der Waals surface area contributed by atoms with E-state index in [1.165, 1.54) is 0 Å². The van der Waals surface area contributed by atoms with E-state index in [0.717, 1.165) is 19.0 Å². The van der Waals surface area contributed by atoms with Crippen LogP contribution in [-0.2, 0) is 0 Å². The highest BCUT2D eigenvalue weighted by atomic mass is 79.9. The second-order valence-electron chi connectivity index (χ2n) is 6.92. The number of rotatable bonds is 2. The molecule has 148 valence electrons. The number of amides is 1. The zero-order chi connectivity index (χ0) is 21.0. The van der Waals surface area contributed by atoms with E-state index in [1.54, 1.807) is 23.1 Å². The van der Waals surface area contributed by atoms with Crippen molar-refractivity contribution in [3.05, 3.63) is 107 Å². The summed E-state index contributed by atoms with van der Waals surface area (Å²) in [5.74, 6) is -0.248. The Labute approximate surface area is 196 Å². The van der Waals surface area contributed by atoms with Gasteiger partial charge in [-0.2, -0.15) is 0 Å². The van der Waals surface area contributed by atoms with Crippen LogP contribution in [0.3, 0.4) is 0 Å². The fourth-order valence-corrected chi connectivity index (χ4v) is 4.85. The monoisotopic (exact) mass is 587 g/mol. The van der Waals surface area contributed by atoms with Gasteiger partial charge >= 0.3 is 0 Å². The van der Waals surface area contributed by atoms with Crippen molar-refractivity contribution in [2.24, 2.45) is 0 Å². The Morgan fingerprint density at radius 2 is 1.50 bits per heavy atom. The highest BCUT2D eigenvalue weighted by Crippen LogP contribution is 2.42. The molecule has 0 bridgehead atoms. The van der Waals surface area contributed by atoms with E-state index in [4.69, 9.17) is 4.42 Å². The molecule has 1 amide bonds. The molecule has 1 aliphatic heterocycles. The molecule has 0 saturated carbocycles. The summed E-state index contributed by atoms with van der Waals surface area (Å²) < 4.78 is 8.52. The van der Waals surface area contributed by atoms with Crippen LogP contribution < -0.4 is 10.3 Å². The smallest absolute Gasteiger partial charge is 0.295 e. The van der Waals surface area contributed by atoms with Gasteiger partial charge < -0.3 is 4.42 Å². The van der Waals surface area contributed by atoms with Gasteiger partial charge in [-0.05, 0) is 60.2 Å². The van der Waals surface area contributed by atoms with Crippen molar-refractivity contribution in [1.29, 1.82) is 0 Å². The van der Waals surface area contributed by atoms with Crippen LogP contribution in [0.15, 0.2) is 89.4 Å². The summed E-state index contributed by atoms with van der Waals surface area (Å²) in [6.45, 7) is 0. The maximum absolute atomic E-state index is 13.5. The molecule has 2 heterocycles. The third-order valence-corrected chi connectivity index (χ3v) is 6.62. The molecular weight excluding hydrogens is 578 g/mol. The minimum absolute atomic E-state index is 0.0858. The van der Waals surface area contributed by atoms with Gasteiger partial charge in [0, 0.05) is 19.1 Å². The third kappa shape index (κ3) is 3.16. The Kier molecular flexibility index (Phi) is 4.92. The molecule has 4 aromatic rings. The number of benzene rings is 3. The molecule has 0 aliphatic carbocycles. The fraction of sp³-hybridized carbons (Fsp3) is 0.0435. The Morgan fingerprint density at radius 3 is 2.23 bits per heavy atom. The maximum atomic E-state index is 13.5. The van der Waals surface area contributed by atoms with Crippen molar-refractivity contribution in [3.63, 3.8) is 0 Å². The van der Waals surface area contributed by atoms with Gasteiger partial charge in [0.2, 0.25) is 5.76 Å². The SMILES string of the molecule is O=C1c2oc3ccc(Br)cc3c(=O)c2C(c2cccc(Br)c2)N1c1ccc(Br)cc1. The van der Waals surface area contributed by atoms with Crippen LogP contribution in [0.2, 0.25) is 0 Å². The first-order valence-corrected chi connectivity index (χ1v) is 11.4. The van der Waals surface area contributed by atoms with Gasteiger partial charge in [0.25, 0.3) is 5.91 Å². The van der Waals surface area contributed by atoms with Gasteiger partial charge in [-0.25, -0.2) is 0 Å². The minimum atomic E-state index is -0.592. The molecule has 1 aliphatic rings. The summed E-state index contributed by atoms with van der Waals surface area (Å²) in [4.78, 5) is 28.6. The van der Waals surface area contributed by atoms with E-state index in [1.807, 2.05) is 48.5 Å². The maximum Gasteiger partial charge on any atom is 0.295 e. The predicted molar refractivity (Wildman–Crippen MR) is 127 cm³/mol. The average molecular weight is 590 g/mol. The van der Waals surface area contributed by atoms with Crippen molar-refractivity contribution < 1.29 is 9.21 Å². The van der Waals surface area contributed by atoms with Gasteiger partial charge in [0.15, 0.2) is 5.43 Å². The number of hydrogen-bond donors (Lipinski definition) is 0. The lowest BCUT2D eigenvalue weighted by Gasteiger charge is -2.25. The number of halogens is 3. The quantitative estimate of drug-likeness (QED) is 0.257. The van der Waals surface area contributed by atoms with Gasteiger partial charge in [0.1, 0.15) is 5.58 Å². The van der Waals surface area contributed by atoms with E-state index in [0.29, 0.717) is 22.2 Å². The van der Waals surface area contributed by atoms with Crippen LogP contribution in [-0.4, -0.2) is 5.91 Å². The van der Waals surface area contributed by atoms with E-state index in [2.05, 4.69) is 47.8 Å². The van der Waals surface area contributed by atoms with Crippen molar-refractivity contribution in [2.75, 3.05) is 4.90 Å². The highest BCUT2D eigenvalue weighted by Gasteiger charge is 2.43. The molecule has 7 heteroatoms. The number of hydrogen-bond acceptors (Lipinski definition) is 3. The highest BCUT2D eigenvalue weighted by molar-refractivity contribution is 9.11. The van der Waals surface area contributed by atoms with Crippen molar-refractivity contribution in [2.45, 2.75) is 6.04 Å². The van der Waals surface area contributed by atoms with Gasteiger partial charge in [0.05, 0.1) is 17.0 Å². The van der Waals surface area contributed by atoms with Crippen molar-refractivity contribution in [3.8, 4) is 0 Å². The van der Waals surface area contributed by atoms with Crippen molar-refractivity contribution >= 4 is 70.4 Å². The number of carbonyl (C=O) groups excluding carboxylic acids is 1. The first kappa shape index (κ1) is 19.7. The summed E-state index contributed by atoms with van der Waals surface area (Å²) in [6, 6.07) is 19.7. The van der Waals surface area contributed by atoms with Gasteiger partial charge in [-0.1, -0.05) is 59.9 Å². The molecule has 0 spiro atoms. The molecule has 0 N–H and O–H groups in total. The Bertz CT molecular complexity index is 1380. The Morgan fingerprint density at radius 1 is 0.800 bits per heavy atom. The first-order chi connectivity index (χ1) is 14.4. The molecule has 1 atom stereocenters. The zero-order valence-electron chi connectivity index (χ0n) is 15.2. The average Bonchev–Trinajstić information content (AvgIpc) is 3.02. The standard InChI is InChI=1S/C23H12Br3NO3/c24-13-4-7-16(8-5-13)27-20(12-2-1-3-14(25)10-12)19-21(28)17-11-15(26)6-9-18(17)30-22(19)23(27)29/h1-11,20H. The van der Waals surface area contributed by atoms with Crippen molar-refractivity contribution in [1.82, 2.24) is 0 Å². The lowest BCUT2D eigenvalue weighted by Crippen LogP contribution is -2.29. The summed E-state index contributed by atoms with van der Waals surface area (Å²) >= 11 is 10.3. The van der Waals surface area contributed by atoms with Gasteiger partial charge in [-0.3, -0.25) is 14.5 Å². The van der Waals surface area contributed by atoms with Crippen LogP contribution in [0.1, 0.15) is 27.7 Å². The Balaban J connectivity index is 1.83. The summed E-state index contributed by atoms with van der Waals surface area (Å²) in [6.07, 6.45) is 0. The minimum Gasteiger partial charge on any atom is -0.450 e. The second kappa shape index (κ2) is 7.48. The van der Waals surface area contributed by atoms with Crippen LogP contribution >= 0.6 is 47.8 Å².